The van der Waals surface area contributed by atoms with Crippen molar-refractivity contribution in [1.82, 2.24) is 9.55 Å². The quantitative estimate of drug-likeness (QED) is 0.522. The molecule has 0 saturated heterocycles. The molecule has 3 heterocycles. The molecule has 0 saturated carbocycles. The van der Waals surface area contributed by atoms with Gasteiger partial charge in [0.25, 0.3) is 5.65 Å². The average Bonchev–Trinajstić information content (AvgIpc) is 3.01. The highest BCUT2D eigenvalue weighted by Crippen LogP contribution is 2.28. The van der Waals surface area contributed by atoms with Crippen LogP contribution in [-0.4, -0.2) is 21.5 Å². The van der Waals surface area contributed by atoms with Gasteiger partial charge in [-0.1, -0.05) is 11.6 Å². The van der Waals surface area contributed by atoms with Crippen LogP contribution in [0, 0.1) is 6.92 Å². The number of hydrogen-bond acceptors (Lipinski definition) is 4. The zero-order chi connectivity index (χ0) is 17.6. The Bertz CT molecular complexity index is 949. The van der Waals surface area contributed by atoms with Gasteiger partial charge in [-0.15, -0.1) is 11.3 Å². The summed E-state index contributed by atoms with van der Waals surface area (Å²) in [5.74, 6) is -3.18. The van der Waals surface area contributed by atoms with Crippen LogP contribution >= 0.6 is 22.9 Å². The summed E-state index contributed by atoms with van der Waals surface area (Å²) in [5, 5.41) is 12.4. The minimum atomic E-state index is -5.15. The van der Waals surface area contributed by atoms with Gasteiger partial charge in [0.2, 0.25) is 5.69 Å². The van der Waals surface area contributed by atoms with Crippen molar-refractivity contribution in [3.63, 3.8) is 0 Å². The molecule has 24 heavy (non-hydrogen) atoms. The minimum Gasteiger partial charge on any atom is -0.839 e. The van der Waals surface area contributed by atoms with Crippen LogP contribution in [0.1, 0.15) is 20.9 Å². The molecule has 126 valence electrons. The third-order valence-corrected chi connectivity index (χ3v) is 4.52. The van der Waals surface area contributed by atoms with Crippen LogP contribution in [0.15, 0.2) is 24.5 Å². The number of carbonyl (C=O) groups is 1. The molecule has 3 aromatic rings. The molecule has 0 fully saturated rings. The molecule has 3 rings (SSSR count). The number of ketones is 1. The lowest BCUT2D eigenvalue weighted by molar-refractivity contribution is -0.583. The Hall–Kier alpha value is -2.13. The Morgan fingerprint density at radius 2 is 2.21 bits per heavy atom. The first kappa shape index (κ1) is 16.7. The number of nitrogens with zero attached hydrogens (tertiary/aromatic N) is 3. The maximum absolute atomic E-state index is 12.9. The van der Waals surface area contributed by atoms with E-state index in [2.05, 4.69) is 4.98 Å². The average molecular weight is 376 g/mol. The molecule has 0 aliphatic carbocycles. The molecule has 0 bridgehead atoms. The number of alkyl halides is 3. The number of aryl methyl sites for hydroxylation is 1. The molecule has 3 aromatic heterocycles. The topological polar surface area (TPSA) is 62.0 Å². The van der Waals surface area contributed by atoms with E-state index < -0.39 is 23.5 Å². The van der Waals surface area contributed by atoms with Crippen molar-refractivity contribution in [3.05, 3.63) is 45.1 Å². The number of thiazole rings is 1. The molecule has 0 aliphatic rings. The maximum Gasteiger partial charge on any atom is 0.458 e. The van der Waals surface area contributed by atoms with Crippen molar-refractivity contribution in [2.45, 2.75) is 19.6 Å². The van der Waals surface area contributed by atoms with Gasteiger partial charge in [0, 0.05) is 11.8 Å². The summed E-state index contributed by atoms with van der Waals surface area (Å²) in [4.78, 5) is 16.1. The van der Waals surface area contributed by atoms with E-state index in [-0.39, 0.29) is 16.7 Å². The fourth-order valence-corrected chi connectivity index (χ4v) is 3.44. The van der Waals surface area contributed by atoms with E-state index in [1.54, 1.807) is 13.0 Å². The van der Waals surface area contributed by atoms with Crippen molar-refractivity contribution >= 4 is 34.4 Å². The van der Waals surface area contributed by atoms with Crippen LogP contribution in [-0.2, 0) is 6.54 Å². The normalized spacial score (nSPS) is 12.0. The number of Topliss-reactive ketones (excluding diaryl/α,β-unsaturated/α-hetero) is 1. The van der Waals surface area contributed by atoms with E-state index in [4.69, 9.17) is 11.6 Å². The molecule has 0 N–H and O–H groups in total. The zero-order valence-corrected chi connectivity index (χ0v) is 13.7. The van der Waals surface area contributed by atoms with E-state index in [1.807, 2.05) is 0 Å². The fourth-order valence-electron chi connectivity index (χ4n) is 2.47. The summed E-state index contributed by atoms with van der Waals surface area (Å²) in [6, 6.07) is 3.17. The van der Waals surface area contributed by atoms with E-state index in [9.17, 15) is 23.1 Å². The van der Waals surface area contributed by atoms with Gasteiger partial charge in [0.05, 0.1) is 11.1 Å². The second-order valence-electron chi connectivity index (χ2n) is 5.03. The largest absolute Gasteiger partial charge is 0.839 e. The Balaban J connectivity index is 2.29. The van der Waals surface area contributed by atoms with Gasteiger partial charge in [0.1, 0.15) is 12.4 Å². The summed E-state index contributed by atoms with van der Waals surface area (Å²) in [7, 11) is 0. The number of fused-ring (bicyclic) bond motifs is 1. The fraction of sp³-hybridized carbons (Fsp3) is 0.214. The molecule has 0 spiro atoms. The van der Waals surface area contributed by atoms with Crippen LogP contribution < -0.4 is 9.51 Å². The molecule has 0 amide bonds. The predicted octanol–water partition coefficient (Wildman–Crippen LogP) is 2.51. The molecule has 5 nitrogen and oxygen atoms in total. The van der Waals surface area contributed by atoms with Crippen molar-refractivity contribution in [2.75, 3.05) is 0 Å². The van der Waals surface area contributed by atoms with Gasteiger partial charge < -0.3 is 5.11 Å². The molecule has 10 heteroatoms. The summed E-state index contributed by atoms with van der Waals surface area (Å²) in [6.45, 7) is 1.53. The van der Waals surface area contributed by atoms with Gasteiger partial charge >= 0.3 is 12.0 Å². The lowest BCUT2D eigenvalue weighted by atomic mass is 10.2. The van der Waals surface area contributed by atoms with Crippen LogP contribution in [0.25, 0.3) is 5.65 Å². The van der Waals surface area contributed by atoms with E-state index >= 15 is 0 Å². The number of pyridine rings is 1. The highest BCUT2D eigenvalue weighted by atomic mass is 35.5. The Morgan fingerprint density at radius 1 is 1.50 bits per heavy atom. The Kier molecular flexibility index (Phi) is 4.00. The molecule has 0 aliphatic heterocycles. The van der Waals surface area contributed by atoms with Gasteiger partial charge in [-0.2, -0.15) is 13.2 Å². The Morgan fingerprint density at radius 3 is 2.79 bits per heavy atom. The van der Waals surface area contributed by atoms with Crippen LogP contribution in [0.3, 0.4) is 0 Å². The number of hydrogen-bond donors (Lipinski definition) is 0. The number of halogens is 4. The number of carbonyl (C=O) groups excluding carboxylic acids is 1. The second kappa shape index (κ2) is 5.75. The summed E-state index contributed by atoms with van der Waals surface area (Å²) >= 11 is 6.80. The summed E-state index contributed by atoms with van der Waals surface area (Å²) < 4.78 is 41.1. The monoisotopic (exact) mass is 375 g/mol. The number of aromatic nitrogens is 3. The van der Waals surface area contributed by atoms with Crippen molar-refractivity contribution in [2.24, 2.45) is 0 Å². The molecule has 0 atom stereocenters. The predicted molar refractivity (Wildman–Crippen MR) is 78.4 cm³/mol. The highest BCUT2D eigenvalue weighted by molar-refractivity contribution is 7.15. The van der Waals surface area contributed by atoms with Gasteiger partial charge in [-0.25, -0.2) is 14.0 Å². The summed E-state index contributed by atoms with van der Waals surface area (Å²) in [6.07, 6.45) is -2.42. The van der Waals surface area contributed by atoms with E-state index in [0.29, 0.717) is 10.4 Å². The standard InChI is InChI=1S/C14H9ClF3N3O2S/c1-7-3-2-4-20-11(7)21(6-8-5-19-13(15)24-8)9(12(20)23)10(22)14(16,17)18/h2-5H,6H2,1H3. The third kappa shape index (κ3) is 2.73. The lowest BCUT2D eigenvalue weighted by Crippen LogP contribution is -2.28. The first-order valence-electron chi connectivity index (χ1n) is 6.62. The van der Waals surface area contributed by atoms with Gasteiger partial charge in [-0.05, 0) is 19.1 Å². The molecular weight excluding hydrogens is 367 g/mol. The number of rotatable bonds is 3. The van der Waals surface area contributed by atoms with E-state index in [0.717, 1.165) is 20.3 Å². The van der Waals surface area contributed by atoms with Crippen LogP contribution in [0.4, 0.5) is 13.2 Å². The van der Waals surface area contributed by atoms with Crippen LogP contribution in [0.2, 0.25) is 4.47 Å². The second-order valence-corrected chi connectivity index (χ2v) is 6.73. The number of imidazole rings is 1. The minimum absolute atomic E-state index is 0.113. The third-order valence-electron chi connectivity index (χ3n) is 3.42. The smallest absolute Gasteiger partial charge is 0.458 e. The van der Waals surface area contributed by atoms with Gasteiger partial charge in [0.15, 0.2) is 4.47 Å². The first-order valence-corrected chi connectivity index (χ1v) is 7.82. The van der Waals surface area contributed by atoms with Crippen molar-refractivity contribution < 1.29 is 27.5 Å². The maximum atomic E-state index is 12.9. The highest BCUT2D eigenvalue weighted by Gasteiger charge is 2.45. The van der Waals surface area contributed by atoms with E-state index in [1.165, 1.54) is 18.5 Å². The molecule has 0 aromatic carbocycles. The summed E-state index contributed by atoms with van der Waals surface area (Å²) in [5.41, 5.74) is -0.146. The molecular formula is C14H9ClF3N3O2S. The Labute approximate surface area is 142 Å². The lowest BCUT2D eigenvalue weighted by Gasteiger charge is -2.07. The van der Waals surface area contributed by atoms with Gasteiger partial charge in [-0.3, -0.25) is 4.79 Å². The first-order chi connectivity index (χ1) is 11.2. The molecule has 0 unspecified atom stereocenters. The SMILES string of the molecule is Cc1ccc[n+]2c([O-])c(C(=O)C(F)(F)F)n(Cc3cnc(Cl)s3)c12. The zero-order valence-electron chi connectivity index (χ0n) is 12.1. The van der Waals surface area contributed by atoms with Crippen molar-refractivity contribution in [1.29, 1.82) is 0 Å². The molecule has 0 radical (unpaired) electrons. The van der Waals surface area contributed by atoms with Crippen molar-refractivity contribution in [3.8, 4) is 5.88 Å². The van der Waals surface area contributed by atoms with Crippen LogP contribution in [0.5, 0.6) is 5.88 Å².